The molecular formula is C20H21N3O2. The van der Waals surface area contributed by atoms with Gasteiger partial charge >= 0.3 is 0 Å². The van der Waals surface area contributed by atoms with Crippen molar-refractivity contribution >= 4 is 16.9 Å². The summed E-state index contributed by atoms with van der Waals surface area (Å²) in [5, 5.41) is 0. The summed E-state index contributed by atoms with van der Waals surface area (Å²) < 4.78 is 5.15. The molecule has 0 spiro atoms. The first kappa shape index (κ1) is 15.7. The van der Waals surface area contributed by atoms with E-state index in [2.05, 4.69) is 24.0 Å². The van der Waals surface area contributed by atoms with E-state index in [0.717, 1.165) is 35.6 Å². The predicted octanol–water partition coefficient (Wildman–Crippen LogP) is 3.51. The topological polar surface area (TPSA) is 58.2 Å². The number of likely N-dealkylation sites (tertiary alicyclic amines) is 1. The van der Waals surface area contributed by atoms with Crippen LogP contribution < -0.4 is 4.74 Å². The second-order valence-electron chi connectivity index (χ2n) is 6.61. The second kappa shape index (κ2) is 6.24. The smallest absolute Gasteiger partial charge is 0.253 e. The van der Waals surface area contributed by atoms with Crippen molar-refractivity contribution in [2.45, 2.75) is 19.3 Å². The van der Waals surface area contributed by atoms with Crippen molar-refractivity contribution in [3.05, 3.63) is 59.4 Å². The highest BCUT2D eigenvalue weighted by atomic mass is 16.5. The summed E-state index contributed by atoms with van der Waals surface area (Å²) in [6.45, 7) is 3.53. The molecule has 1 atom stereocenters. The van der Waals surface area contributed by atoms with E-state index in [4.69, 9.17) is 9.72 Å². The van der Waals surface area contributed by atoms with Crippen LogP contribution >= 0.6 is 0 Å². The highest BCUT2D eigenvalue weighted by Gasteiger charge is 2.29. The number of rotatable bonds is 3. The van der Waals surface area contributed by atoms with Crippen LogP contribution in [-0.2, 0) is 0 Å². The van der Waals surface area contributed by atoms with Gasteiger partial charge in [0.05, 0.1) is 18.1 Å². The summed E-state index contributed by atoms with van der Waals surface area (Å²) in [4.78, 5) is 22.7. The number of amides is 1. The number of imidazole rings is 1. The van der Waals surface area contributed by atoms with E-state index in [1.165, 1.54) is 5.56 Å². The van der Waals surface area contributed by atoms with Crippen molar-refractivity contribution < 1.29 is 9.53 Å². The lowest BCUT2D eigenvalue weighted by molar-refractivity contribution is 0.0790. The van der Waals surface area contributed by atoms with Crippen LogP contribution in [0.2, 0.25) is 0 Å². The van der Waals surface area contributed by atoms with E-state index in [1.54, 1.807) is 7.11 Å². The highest BCUT2D eigenvalue weighted by Crippen LogP contribution is 2.28. The van der Waals surface area contributed by atoms with Gasteiger partial charge < -0.3 is 14.6 Å². The number of nitrogens with zero attached hydrogens (tertiary/aromatic N) is 2. The number of H-pyrrole nitrogens is 1. The molecule has 1 aromatic heterocycles. The van der Waals surface area contributed by atoms with Gasteiger partial charge in [-0.3, -0.25) is 4.79 Å². The van der Waals surface area contributed by atoms with Crippen LogP contribution in [0.3, 0.4) is 0 Å². The summed E-state index contributed by atoms with van der Waals surface area (Å²) in [6, 6.07) is 13.5. The van der Waals surface area contributed by atoms with Crippen LogP contribution in [0.1, 0.15) is 34.1 Å². The maximum atomic E-state index is 12.7. The minimum atomic E-state index is 0.0668. The second-order valence-corrected chi connectivity index (χ2v) is 6.61. The van der Waals surface area contributed by atoms with E-state index in [0.29, 0.717) is 12.1 Å². The molecule has 0 aliphatic carbocycles. The third kappa shape index (κ3) is 2.97. The van der Waals surface area contributed by atoms with Gasteiger partial charge in [0.15, 0.2) is 0 Å². The molecule has 0 bridgehead atoms. The number of aromatic amines is 1. The molecule has 128 valence electrons. The SMILES string of the molecule is COc1ccc(C(=O)N2CC[C@H](c3nc4ccc(C)cc4[nH]3)C2)cc1. The third-order valence-corrected chi connectivity index (χ3v) is 4.85. The normalized spacial score (nSPS) is 17.2. The molecule has 4 rings (SSSR count). The molecule has 5 heteroatoms. The van der Waals surface area contributed by atoms with E-state index >= 15 is 0 Å². The van der Waals surface area contributed by atoms with Crippen molar-refractivity contribution in [2.75, 3.05) is 20.2 Å². The molecule has 1 aliphatic rings. The number of carbonyl (C=O) groups is 1. The first-order chi connectivity index (χ1) is 12.1. The summed E-state index contributed by atoms with van der Waals surface area (Å²) in [6.07, 6.45) is 0.931. The number of carbonyl (C=O) groups excluding carboxylic acids is 1. The van der Waals surface area contributed by atoms with Crippen LogP contribution in [-0.4, -0.2) is 41.0 Å². The molecule has 5 nitrogen and oxygen atoms in total. The Labute approximate surface area is 146 Å². The number of ether oxygens (including phenoxy) is 1. The molecule has 0 saturated carbocycles. The lowest BCUT2D eigenvalue weighted by Gasteiger charge is -2.16. The molecule has 1 fully saturated rings. The van der Waals surface area contributed by atoms with Crippen molar-refractivity contribution in [1.82, 2.24) is 14.9 Å². The van der Waals surface area contributed by atoms with Gasteiger partial charge in [-0.05, 0) is 55.3 Å². The third-order valence-electron chi connectivity index (χ3n) is 4.85. The number of methoxy groups -OCH3 is 1. The summed E-state index contributed by atoms with van der Waals surface area (Å²) in [5.74, 6) is 2.06. The van der Waals surface area contributed by atoms with Crippen LogP contribution in [0.15, 0.2) is 42.5 Å². The maximum Gasteiger partial charge on any atom is 0.253 e. The standard InChI is InChI=1S/C20H21N3O2/c1-13-3-8-17-18(11-13)22-19(21-17)15-9-10-23(12-15)20(24)14-4-6-16(25-2)7-5-14/h3-8,11,15H,9-10,12H2,1-2H3,(H,21,22)/t15-/m0/s1. The zero-order valence-corrected chi connectivity index (χ0v) is 14.5. The van der Waals surface area contributed by atoms with Gasteiger partial charge in [-0.25, -0.2) is 4.98 Å². The molecule has 2 heterocycles. The number of nitrogens with one attached hydrogen (secondary N) is 1. The molecule has 1 N–H and O–H groups in total. The van der Waals surface area contributed by atoms with Gasteiger partial charge in [-0.15, -0.1) is 0 Å². The highest BCUT2D eigenvalue weighted by molar-refractivity contribution is 5.94. The Bertz CT molecular complexity index is 914. The van der Waals surface area contributed by atoms with Gasteiger partial charge in [0.1, 0.15) is 11.6 Å². The monoisotopic (exact) mass is 335 g/mol. The first-order valence-electron chi connectivity index (χ1n) is 8.53. The molecular weight excluding hydrogens is 314 g/mol. The molecule has 1 aliphatic heterocycles. The van der Waals surface area contributed by atoms with E-state index in [9.17, 15) is 4.79 Å². The Balaban J connectivity index is 1.50. The lowest BCUT2D eigenvalue weighted by atomic mass is 10.1. The summed E-state index contributed by atoms with van der Waals surface area (Å²) in [5.41, 5.74) is 3.96. The Hall–Kier alpha value is -2.82. The average Bonchev–Trinajstić information content (AvgIpc) is 3.27. The van der Waals surface area contributed by atoms with E-state index in [-0.39, 0.29) is 11.8 Å². The Morgan fingerprint density at radius 2 is 2.04 bits per heavy atom. The Morgan fingerprint density at radius 3 is 2.80 bits per heavy atom. The molecule has 0 unspecified atom stereocenters. The molecule has 2 aromatic carbocycles. The molecule has 0 radical (unpaired) electrons. The number of aromatic nitrogens is 2. The van der Waals surface area contributed by atoms with E-state index in [1.807, 2.05) is 35.2 Å². The van der Waals surface area contributed by atoms with Gasteiger partial charge in [-0.1, -0.05) is 6.07 Å². The Morgan fingerprint density at radius 1 is 1.24 bits per heavy atom. The molecule has 3 aromatic rings. The van der Waals surface area contributed by atoms with Gasteiger partial charge in [-0.2, -0.15) is 0 Å². The van der Waals surface area contributed by atoms with Crippen LogP contribution in [0, 0.1) is 6.92 Å². The lowest BCUT2D eigenvalue weighted by Crippen LogP contribution is -2.28. The van der Waals surface area contributed by atoms with Gasteiger partial charge in [0, 0.05) is 24.6 Å². The zero-order chi connectivity index (χ0) is 17.4. The number of benzene rings is 2. The van der Waals surface area contributed by atoms with Crippen molar-refractivity contribution in [1.29, 1.82) is 0 Å². The number of hydrogen-bond acceptors (Lipinski definition) is 3. The van der Waals surface area contributed by atoms with Crippen LogP contribution in [0.25, 0.3) is 11.0 Å². The first-order valence-corrected chi connectivity index (χ1v) is 8.53. The number of hydrogen-bond donors (Lipinski definition) is 1. The quantitative estimate of drug-likeness (QED) is 0.797. The van der Waals surface area contributed by atoms with E-state index < -0.39 is 0 Å². The number of fused-ring (bicyclic) bond motifs is 1. The van der Waals surface area contributed by atoms with Crippen molar-refractivity contribution in [3.8, 4) is 5.75 Å². The summed E-state index contributed by atoms with van der Waals surface area (Å²) >= 11 is 0. The van der Waals surface area contributed by atoms with Crippen molar-refractivity contribution in [2.24, 2.45) is 0 Å². The molecule has 25 heavy (non-hydrogen) atoms. The molecule has 1 saturated heterocycles. The minimum absolute atomic E-state index is 0.0668. The zero-order valence-electron chi connectivity index (χ0n) is 14.5. The fraction of sp³-hybridized carbons (Fsp3) is 0.300. The van der Waals surface area contributed by atoms with Gasteiger partial charge in [0.2, 0.25) is 0 Å². The summed E-state index contributed by atoms with van der Waals surface area (Å²) in [7, 11) is 1.62. The maximum absolute atomic E-state index is 12.7. The van der Waals surface area contributed by atoms with Crippen LogP contribution in [0.5, 0.6) is 5.75 Å². The largest absolute Gasteiger partial charge is 0.497 e. The number of aryl methyl sites for hydroxylation is 1. The molecule has 1 amide bonds. The average molecular weight is 335 g/mol. The Kier molecular flexibility index (Phi) is 3.92. The van der Waals surface area contributed by atoms with Crippen LogP contribution in [0.4, 0.5) is 0 Å². The minimum Gasteiger partial charge on any atom is -0.497 e. The van der Waals surface area contributed by atoms with Gasteiger partial charge in [0.25, 0.3) is 5.91 Å². The van der Waals surface area contributed by atoms with Crippen molar-refractivity contribution in [3.63, 3.8) is 0 Å². The predicted molar refractivity (Wildman–Crippen MR) is 97.1 cm³/mol. The fourth-order valence-electron chi connectivity index (χ4n) is 3.42. The fourth-order valence-corrected chi connectivity index (χ4v) is 3.42.